The van der Waals surface area contributed by atoms with Crippen LogP contribution in [-0.4, -0.2) is 31.2 Å². The lowest BCUT2D eigenvalue weighted by molar-refractivity contribution is -0.130. The van der Waals surface area contributed by atoms with Crippen LogP contribution >= 0.6 is 0 Å². The molecule has 1 aliphatic heterocycles. The van der Waals surface area contributed by atoms with Crippen molar-refractivity contribution < 1.29 is 9.53 Å². The van der Waals surface area contributed by atoms with Crippen LogP contribution in [0.4, 0.5) is 0 Å². The first-order valence-corrected chi connectivity index (χ1v) is 5.74. The maximum Gasteiger partial charge on any atom is 0.249 e. The molecule has 0 saturated carbocycles. The van der Waals surface area contributed by atoms with Gasteiger partial charge in [-0.2, -0.15) is 0 Å². The molecule has 0 spiro atoms. The van der Waals surface area contributed by atoms with Crippen LogP contribution in [0.2, 0.25) is 0 Å². The first-order valence-electron chi connectivity index (χ1n) is 5.74. The molecular weight excluding hydrogens is 192 g/mol. The highest BCUT2D eigenvalue weighted by molar-refractivity contribution is 5.80. The maximum atomic E-state index is 11.5. The molecule has 0 radical (unpaired) electrons. The van der Waals surface area contributed by atoms with E-state index in [2.05, 4.69) is 19.2 Å². The average Bonchev–Trinajstić information content (AvgIpc) is 2.65. The summed E-state index contributed by atoms with van der Waals surface area (Å²) in [4.78, 5) is 11.5. The van der Waals surface area contributed by atoms with Gasteiger partial charge in [0.2, 0.25) is 5.91 Å². The van der Waals surface area contributed by atoms with Crippen LogP contribution in [0.5, 0.6) is 0 Å². The van der Waals surface area contributed by atoms with Crippen molar-refractivity contribution in [3.05, 3.63) is 0 Å². The zero-order valence-corrected chi connectivity index (χ0v) is 9.66. The first-order chi connectivity index (χ1) is 7.09. The van der Waals surface area contributed by atoms with Gasteiger partial charge in [0.1, 0.15) is 6.10 Å². The lowest BCUT2D eigenvalue weighted by Crippen LogP contribution is -2.42. The van der Waals surface area contributed by atoms with Gasteiger partial charge in [-0.15, -0.1) is 0 Å². The summed E-state index contributed by atoms with van der Waals surface area (Å²) in [6, 6.07) is 0.0513. The van der Waals surface area contributed by atoms with Crippen molar-refractivity contribution >= 4 is 5.91 Å². The largest absolute Gasteiger partial charge is 0.368 e. The number of hydrogen-bond donors (Lipinski definition) is 2. The fourth-order valence-corrected chi connectivity index (χ4v) is 1.82. The Labute approximate surface area is 91.5 Å². The van der Waals surface area contributed by atoms with E-state index >= 15 is 0 Å². The van der Waals surface area contributed by atoms with Gasteiger partial charge in [0.05, 0.1) is 0 Å². The Morgan fingerprint density at radius 1 is 1.60 bits per heavy atom. The van der Waals surface area contributed by atoms with Crippen molar-refractivity contribution in [2.24, 2.45) is 11.7 Å². The second kappa shape index (κ2) is 6.08. The molecule has 88 valence electrons. The van der Waals surface area contributed by atoms with Gasteiger partial charge in [0, 0.05) is 19.2 Å². The fraction of sp³-hybridized carbons (Fsp3) is 0.909. The van der Waals surface area contributed by atoms with Gasteiger partial charge in [-0.3, -0.25) is 4.79 Å². The third-order valence-corrected chi connectivity index (χ3v) is 2.53. The molecule has 1 fully saturated rings. The monoisotopic (exact) mass is 214 g/mol. The number of carbonyl (C=O) groups excluding carboxylic acids is 1. The number of rotatable bonds is 5. The first kappa shape index (κ1) is 12.5. The minimum absolute atomic E-state index is 0.00768. The van der Waals surface area contributed by atoms with E-state index in [-0.39, 0.29) is 18.1 Å². The van der Waals surface area contributed by atoms with Crippen LogP contribution in [0.15, 0.2) is 0 Å². The van der Waals surface area contributed by atoms with Crippen LogP contribution in [-0.2, 0) is 9.53 Å². The Morgan fingerprint density at radius 3 is 2.87 bits per heavy atom. The van der Waals surface area contributed by atoms with E-state index in [1.165, 1.54) is 0 Å². The highest BCUT2D eigenvalue weighted by Gasteiger charge is 2.23. The Bertz CT molecular complexity index is 201. The van der Waals surface area contributed by atoms with Crippen LogP contribution in [0, 0.1) is 5.92 Å². The van der Waals surface area contributed by atoms with Gasteiger partial charge < -0.3 is 15.8 Å². The molecule has 0 aliphatic carbocycles. The maximum absolute atomic E-state index is 11.5. The Morgan fingerprint density at radius 2 is 2.33 bits per heavy atom. The molecule has 15 heavy (non-hydrogen) atoms. The van der Waals surface area contributed by atoms with E-state index in [0.29, 0.717) is 19.1 Å². The SMILES string of the molecule is CC(C)CC(N)CNC(=O)C1CCCO1. The van der Waals surface area contributed by atoms with E-state index in [0.717, 1.165) is 19.3 Å². The van der Waals surface area contributed by atoms with E-state index < -0.39 is 0 Å². The van der Waals surface area contributed by atoms with Gasteiger partial charge in [-0.05, 0) is 25.2 Å². The van der Waals surface area contributed by atoms with Crippen molar-refractivity contribution in [3.8, 4) is 0 Å². The minimum Gasteiger partial charge on any atom is -0.368 e. The van der Waals surface area contributed by atoms with E-state index in [9.17, 15) is 4.79 Å². The summed E-state index contributed by atoms with van der Waals surface area (Å²) in [5.74, 6) is 0.561. The van der Waals surface area contributed by atoms with Gasteiger partial charge in [-0.25, -0.2) is 0 Å². The lowest BCUT2D eigenvalue weighted by Gasteiger charge is -2.16. The van der Waals surface area contributed by atoms with Crippen LogP contribution < -0.4 is 11.1 Å². The molecule has 0 bridgehead atoms. The molecule has 4 nitrogen and oxygen atoms in total. The third-order valence-electron chi connectivity index (χ3n) is 2.53. The summed E-state index contributed by atoms with van der Waals surface area (Å²) in [6.07, 6.45) is 2.52. The summed E-state index contributed by atoms with van der Waals surface area (Å²) in [6.45, 7) is 5.51. The van der Waals surface area contributed by atoms with Gasteiger partial charge in [-0.1, -0.05) is 13.8 Å². The molecule has 1 amide bonds. The number of ether oxygens (including phenoxy) is 1. The smallest absolute Gasteiger partial charge is 0.249 e. The molecule has 2 unspecified atom stereocenters. The summed E-state index contributed by atoms with van der Waals surface area (Å²) in [5, 5.41) is 2.84. The quantitative estimate of drug-likeness (QED) is 0.706. The average molecular weight is 214 g/mol. The summed E-state index contributed by atoms with van der Waals surface area (Å²) >= 11 is 0. The Hall–Kier alpha value is -0.610. The number of nitrogens with one attached hydrogen (secondary N) is 1. The number of carbonyl (C=O) groups is 1. The molecule has 1 aliphatic rings. The van der Waals surface area contributed by atoms with Gasteiger partial charge in [0.25, 0.3) is 0 Å². The van der Waals surface area contributed by atoms with Crippen molar-refractivity contribution in [2.75, 3.05) is 13.2 Å². The summed E-state index contributed by atoms with van der Waals surface area (Å²) < 4.78 is 5.28. The van der Waals surface area contributed by atoms with E-state index in [4.69, 9.17) is 10.5 Å². The number of hydrogen-bond acceptors (Lipinski definition) is 3. The van der Waals surface area contributed by atoms with Crippen LogP contribution in [0.1, 0.15) is 33.1 Å². The van der Waals surface area contributed by atoms with Crippen molar-refractivity contribution in [1.29, 1.82) is 0 Å². The second-order valence-corrected chi connectivity index (χ2v) is 4.64. The van der Waals surface area contributed by atoms with Crippen molar-refractivity contribution in [2.45, 2.75) is 45.3 Å². The van der Waals surface area contributed by atoms with Crippen LogP contribution in [0.25, 0.3) is 0 Å². The molecule has 1 heterocycles. The Balaban J connectivity index is 2.15. The highest BCUT2D eigenvalue weighted by atomic mass is 16.5. The normalized spacial score (nSPS) is 23.1. The van der Waals surface area contributed by atoms with Crippen LogP contribution in [0.3, 0.4) is 0 Å². The topological polar surface area (TPSA) is 64.3 Å². The molecule has 1 saturated heterocycles. The zero-order chi connectivity index (χ0) is 11.3. The molecule has 1 rings (SSSR count). The van der Waals surface area contributed by atoms with Gasteiger partial charge >= 0.3 is 0 Å². The van der Waals surface area contributed by atoms with E-state index in [1.807, 2.05) is 0 Å². The minimum atomic E-state index is -0.240. The molecule has 2 atom stereocenters. The van der Waals surface area contributed by atoms with Crippen molar-refractivity contribution in [3.63, 3.8) is 0 Å². The molecule has 0 aromatic rings. The second-order valence-electron chi connectivity index (χ2n) is 4.64. The summed E-state index contributed by atoms with van der Waals surface area (Å²) in [5.41, 5.74) is 5.87. The molecule has 0 aromatic carbocycles. The number of nitrogens with two attached hydrogens (primary N) is 1. The predicted octanol–water partition coefficient (Wildman–Crippen LogP) is 0.655. The predicted molar refractivity (Wildman–Crippen MR) is 59.4 cm³/mol. The molecule has 3 N–H and O–H groups in total. The molecule has 0 aromatic heterocycles. The van der Waals surface area contributed by atoms with E-state index in [1.54, 1.807) is 0 Å². The third kappa shape index (κ3) is 4.62. The van der Waals surface area contributed by atoms with Crippen molar-refractivity contribution in [1.82, 2.24) is 5.32 Å². The summed E-state index contributed by atoms with van der Waals surface area (Å²) in [7, 11) is 0. The standard InChI is InChI=1S/C11H22N2O2/c1-8(2)6-9(12)7-13-11(14)10-4-3-5-15-10/h8-10H,3-7,12H2,1-2H3,(H,13,14). The lowest BCUT2D eigenvalue weighted by atomic mass is 10.0. The van der Waals surface area contributed by atoms with Gasteiger partial charge in [0.15, 0.2) is 0 Å². The Kier molecular flexibility index (Phi) is 5.05. The fourth-order valence-electron chi connectivity index (χ4n) is 1.82. The molecular formula is C11H22N2O2. The highest BCUT2D eigenvalue weighted by Crippen LogP contribution is 2.11. The zero-order valence-electron chi connectivity index (χ0n) is 9.66. The molecule has 4 heteroatoms. The number of amides is 1.